The molecule has 11 atom stereocenters. The highest BCUT2D eigenvalue weighted by molar-refractivity contribution is 5.92. The average molecular weight is 705 g/mol. The summed E-state index contributed by atoms with van der Waals surface area (Å²) in [5.74, 6) is -5.65. The van der Waals surface area contributed by atoms with Gasteiger partial charge in [0, 0.05) is 37.0 Å². The maximum atomic E-state index is 15.0. The Hall–Kier alpha value is -3.90. The molecule has 11 nitrogen and oxygen atoms in total. The van der Waals surface area contributed by atoms with E-state index in [-0.39, 0.29) is 25.0 Å². The van der Waals surface area contributed by atoms with Gasteiger partial charge in [-0.25, -0.2) is 9.59 Å². The first kappa shape index (κ1) is 36.9. The van der Waals surface area contributed by atoms with Crippen LogP contribution in [0.2, 0.25) is 0 Å². The van der Waals surface area contributed by atoms with E-state index in [2.05, 4.69) is 0 Å². The van der Waals surface area contributed by atoms with Crippen LogP contribution in [0.25, 0.3) is 0 Å². The second-order valence-electron chi connectivity index (χ2n) is 15.6. The molecule has 51 heavy (non-hydrogen) atoms. The second-order valence-corrected chi connectivity index (χ2v) is 15.6. The fraction of sp³-hybridized carbons (Fsp3) is 0.550. The lowest BCUT2D eigenvalue weighted by Crippen LogP contribution is -2.81. The molecule has 3 fully saturated rings. The predicted molar refractivity (Wildman–Crippen MR) is 183 cm³/mol. The standard InChI is InChI=1S/C40H48O11/c1-21(25-14-10-8-11-15-25)31(43)36(46)49-27-19-40(47)34(50-35(45)26-16-12-9-13-17-26)32-38(7,33(44)23(3)30(22(27)2)37(40,5)6)28(42)18-29-39(32,20-48-29)51-24(4)41/h8-17,21,23,27-29,31-32,34,42-43,47H,18-20H2,1-7H3/t21-,23+,27-,28-,29+,31+,32-,34?,38+,39-,40+/m0/s1. The van der Waals surface area contributed by atoms with Crippen molar-refractivity contribution >= 4 is 23.7 Å². The number of Topliss-reactive ketones (excluding diaryl/α,β-unsaturated/α-hetero) is 1. The van der Waals surface area contributed by atoms with E-state index in [1.54, 1.807) is 96.1 Å². The summed E-state index contributed by atoms with van der Waals surface area (Å²) in [6.07, 6.45) is -6.81. The fourth-order valence-electron chi connectivity index (χ4n) is 9.62. The van der Waals surface area contributed by atoms with Crippen LogP contribution in [0.15, 0.2) is 71.8 Å². The Morgan fingerprint density at radius 3 is 2.16 bits per heavy atom. The number of rotatable bonds is 7. The van der Waals surface area contributed by atoms with Crippen molar-refractivity contribution in [3.05, 3.63) is 82.9 Å². The number of esters is 3. The number of carbonyl (C=O) groups is 4. The molecule has 2 saturated carbocycles. The number of fused-ring (bicyclic) bond motifs is 5. The van der Waals surface area contributed by atoms with E-state index in [9.17, 15) is 29.7 Å². The lowest BCUT2D eigenvalue weighted by molar-refractivity contribution is -0.345. The lowest BCUT2D eigenvalue weighted by Gasteiger charge is -2.67. The molecular weight excluding hydrogens is 656 g/mol. The van der Waals surface area contributed by atoms with Crippen LogP contribution in [0.1, 0.15) is 83.1 Å². The van der Waals surface area contributed by atoms with Gasteiger partial charge in [-0.15, -0.1) is 0 Å². The highest BCUT2D eigenvalue weighted by Gasteiger charge is 2.77. The Balaban J connectivity index is 1.53. The van der Waals surface area contributed by atoms with Crippen LogP contribution in [0.4, 0.5) is 0 Å². The van der Waals surface area contributed by atoms with E-state index in [0.717, 1.165) is 5.56 Å². The van der Waals surface area contributed by atoms with Crippen LogP contribution >= 0.6 is 0 Å². The molecule has 1 aliphatic heterocycles. The Morgan fingerprint density at radius 1 is 0.980 bits per heavy atom. The zero-order valence-electron chi connectivity index (χ0n) is 30.1. The molecule has 3 aliphatic carbocycles. The van der Waals surface area contributed by atoms with Gasteiger partial charge in [-0.3, -0.25) is 9.59 Å². The summed E-state index contributed by atoms with van der Waals surface area (Å²) in [4.78, 5) is 55.5. The maximum absolute atomic E-state index is 15.0. The van der Waals surface area contributed by atoms with Gasteiger partial charge in [0.25, 0.3) is 0 Å². The summed E-state index contributed by atoms with van der Waals surface area (Å²) in [7, 11) is 0. The summed E-state index contributed by atoms with van der Waals surface area (Å²) in [6, 6.07) is 17.2. The van der Waals surface area contributed by atoms with Crippen LogP contribution in [0.3, 0.4) is 0 Å². The Kier molecular flexibility index (Phi) is 9.36. The minimum absolute atomic E-state index is 0.0321. The highest BCUT2D eigenvalue weighted by atomic mass is 16.6. The largest absolute Gasteiger partial charge is 0.456 e. The van der Waals surface area contributed by atoms with Crippen LogP contribution in [-0.4, -0.2) is 87.3 Å². The third-order valence-corrected chi connectivity index (χ3v) is 12.5. The molecule has 2 aromatic rings. The number of ether oxygens (including phenoxy) is 4. The Labute approximate surface area is 297 Å². The number of hydrogen-bond acceptors (Lipinski definition) is 11. The third kappa shape index (κ3) is 5.55. The van der Waals surface area contributed by atoms with Gasteiger partial charge in [0.15, 0.2) is 11.7 Å². The number of aliphatic hydroxyl groups excluding tert-OH is 2. The summed E-state index contributed by atoms with van der Waals surface area (Å²) >= 11 is 0. The number of aliphatic hydroxyl groups is 3. The van der Waals surface area contributed by atoms with Crippen LogP contribution in [0, 0.1) is 22.7 Å². The first-order chi connectivity index (χ1) is 23.9. The zero-order valence-corrected chi connectivity index (χ0v) is 30.1. The Morgan fingerprint density at radius 2 is 1.59 bits per heavy atom. The van der Waals surface area contributed by atoms with Crippen molar-refractivity contribution in [1.29, 1.82) is 0 Å². The monoisotopic (exact) mass is 704 g/mol. The van der Waals surface area contributed by atoms with Crippen molar-refractivity contribution in [1.82, 2.24) is 0 Å². The fourth-order valence-corrected chi connectivity index (χ4v) is 9.62. The third-order valence-electron chi connectivity index (χ3n) is 12.5. The molecule has 274 valence electrons. The van der Waals surface area contributed by atoms with Gasteiger partial charge < -0.3 is 34.3 Å². The normalized spacial score (nSPS) is 36.5. The van der Waals surface area contributed by atoms with Crippen molar-refractivity contribution in [2.24, 2.45) is 22.7 Å². The molecule has 0 spiro atoms. The van der Waals surface area contributed by atoms with Crippen molar-refractivity contribution in [2.75, 3.05) is 6.61 Å². The molecule has 6 rings (SSSR count). The molecule has 2 bridgehead atoms. The predicted octanol–water partition coefficient (Wildman–Crippen LogP) is 4.07. The number of ketones is 1. The van der Waals surface area contributed by atoms with Gasteiger partial charge in [-0.2, -0.15) is 0 Å². The van der Waals surface area contributed by atoms with E-state index >= 15 is 4.79 Å². The SMILES string of the molecule is CC(=O)O[C@@]12CO[C@@H]1C[C@H](O)[C@@]1(C)C(=O)[C@H](C)C3=C(C)[C@@H](OC(=O)[C@H](O)[C@@H](C)c4ccccc4)C[C@@](O)(C(OC(=O)c4ccccc4)[C@H]21)C3(C)C. The first-order valence-electron chi connectivity index (χ1n) is 17.6. The second kappa shape index (κ2) is 12.9. The van der Waals surface area contributed by atoms with E-state index in [1.165, 1.54) is 6.92 Å². The number of hydrogen-bond donors (Lipinski definition) is 3. The molecule has 1 heterocycles. The molecule has 11 heteroatoms. The molecule has 2 aromatic carbocycles. The molecule has 1 unspecified atom stereocenters. The molecule has 0 aromatic heterocycles. The van der Waals surface area contributed by atoms with Gasteiger partial charge in [0.1, 0.15) is 29.7 Å². The quantitative estimate of drug-likeness (QED) is 0.216. The van der Waals surface area contributed by atoms with Crippen LogP contribution in [0.5, 0.6) is 0 Å². The van der Waals surface area contributed by atoms with Gasteiger partial charge in [0.2, 0.25) is 0 Å². The van der Waals surface area contributed by atoms with Crippen molar-refractivity contribution in [3.63, 3.8) is 0 Å². The Bertz CT molecular complexity index is 1740. The van der Waals surface area contributed by atoms with E-state index < -0.39 is 94.0 Å². The molecule has 0 radical (unpaired) electrons. The number of benzene rings is 2. The summed E-state index contributed by atoms with van der Waals surface area (Å²) in [5.41, 5.74) is -4.76. The molecular formula is C40H48O11. The number of carbonyl (C=O) groups excluding carboxylic acids is 4. The van der Waals surface area contributed by atoms with Gasteiger partial charge in [0.05, 0.1) is 29.6 Å². The molecule has 1 saturated heterocycles. The average Bonchev–Trinajstić information content (AvgIpc) is 3.09. The molecule has 3 N–H and O–H groups in total. The summed E-state index contributed by atoms with van der Waals surface area (Å²) in [5, 5.41) is 36.4. The minimum atomic E-state index is -2.08. The molecule has 4 aliphatic rings. The smallest absolute Gasteiger partial charge is 0.338 e. The molecule has 0 amide bonds. The van der Waals surface area contributed by atoms with Crippen molar-refractivity contribution < 1.29 is 53.4 Å². The minimum Gasteiger partial charge on any atom is -0.456 e. The van der Waals surface area contributed by atoms with Gasteiger partial charge >= 0.3 is 17.9 Å². The summed E-state index contributed by atoms with van der Waals surface area (Å²) < 4.78 is 24.3. The van der Waals surface area contributed by atoms with Gasteiger partial charge in [-0.05, 0) is 42.7 Å². The van der Waals surface area contributed by atoms with Crippen LogP contribution in [-0.2, 0) is 33.3 Å². The van der Waals surface area contributed by atoms with E-state index in [1.807, 2.05) is 6.07 Å². The van der Waals surface area contributed by atoms with Crippen molar-refractivity contribution in [2.45, 2.75) is 109 Å². The van der Waals surface area contributed by atoms with E-state index in [0.29, 0.717) is 11.1 Å². The maximum Gasteiger partial charge on any atom is 0.338 e. The van der Waals surface area contributed by atoms with Crippen molar-refractivity contribution in [3.8, 4) is 0 Å². The first-order valence-corrected chi connectivity index (χ1v) is 17.6. The highest BCUT2D eigenvalue weighted by Crippen LogP contribution is 2.65. The topological polar surface area (TPSA) is 166 Å². The zero-order chi connectivity index (χ0) is 37.3. The van der Waals surface area contributed by atoms with Crippen LogP contribution < -0.4 is 0 Å². The van der Waals surface area contributed by atoms with Gasteiger partial charge in [-0.1, -0.05) is 76.2 Å². The van der Waals surface area contributed by atoms with E-state index in [4.69, 9.17) is 18.9 Å². The summed E-state index contributed by atoms with van der Waals surface area (Å²) in [6.45, 7) is 11.3. The lowest BCUT2D eigenvalue weighted by atomic mass is 9.43.